The lowest BCUT2D eigenvalue weighted by Crippen LogP contribution is -2.26. The Morgan fingerprint density at radius 3 is 2.48 bits per heavy atom. The summed E-state index contributed by atoms with van der Waals surface area (Å²) in [6.45, 7) is 6.49. The first-order chi connectivity index (χ1) is 10.9. The van der Waals surface area contributed by atoms with E-state index in [1.54, 1.807) is 12.1 Å². The smallest absolute Gasteiger partial charge is 0.240 e. The molecule has 0 unspecified atom stereocenters. The number of rotatable bonds is 8. The minimum Gasteiger partial charge on any atom is -0.494 e. The van der Waals surface area contributed by atoms with Crippen LogP contribution in [0.5, 0.6) is 5.75 Å². The van der Waals surface area contributed by atoms with Crippen LogP contribution in [-0.2, 0) is 16.4 Å². The molecule has 0 atom stereocenters. The van der Waals surface area contributed by atoms with Gasteiger partial charge in [-0.1, -0.05) is 13.8 Å². The summed E-state index contributed by atoms with van der Waals surface area (Å²) in [5.41, 5.74) is 0. The molecule has 7 nitrogen and oxygen atoms in total. The van der Waals surface area contributed by atoms with Crippen LogP contribution in [0.4, 0.5) is 0 Å². The molecule has 0 bridgehead atoms. The highest BCUT2D eigenvalue weighted by atomic mass is 32.2. The molecule has 0 saturated heterocycles. The van der Waals surface area contributed by atoms with Crippen LogP contribution < -0.4 is 9.46 Å². The largest absolute Gasteiger partial charge is 0.494 e. The predicted molar refractivity (Wildman–Crippen MR) is 84.9 cm³/mol. The normalized spacial score (nSPS) is 11.8. The molecule has 0 aliphatic carbocycles. The summed E-state index contributed by atoms with van der Waals surface area (Å²) >= 11 is 0. The van der Waals surface area contributed by atoms with Gasteiger partial charge >= 0.3 is 0 Å². The average Bonchev–Trinajstić information content (AvgIpc) is 2.97. The molecule has 8 heteroatoms. The Kier molecular flexibility index (Phi) is 5.73. The molecule has 1 aromatic heterocycles. The molecule has 0 radical (unpaired) electrons. The highest BCUT2D eigenvalue weighted by Crippen LogP contribution is 2.16. The quantitative estimate of drug-likeness (QED) is 0.791. The van der Waals surface area contributed by atoms with Gasteiger partial charge in [0.15, 0.2) is 0 Å². The molecule has 126 valence electrons. The summed E-state index contributed by atoms with van der Waals surface area (Å²) in [6, 6.07) is 6.28. The van der Waals surface area contributed by atoms with Gasteiger partial charge in [0, 0.05) is 18.9 Å². The van der Waals surface area contributed by atoms with E-state index >= 15 is 0 Å². The van der Waals surface area contributed by atoms with Crippen LogP contribution in [0, 0.1) is 0 Å². The Morgan fingerprint density at radius 1 is 1.22 bits per heavy atom. The number of sulfonamides is 1. The Balaban J connectivity index is 1.92. The number of aromatic nitrogens is 2. The molecule has 0 saturated carbocycles. The molecule has 2 aromatic rings. The fourth-order valence-corrected chi connectivity index (χ4v) is 2.89. The Morgan fingerprint density at radius 2 is 1.91 bits per heavy atom. The number of nitrogens with zero attached hydrogens (tertiary/aromatic N) is 2. The first-order valence-corrected chi connectivity index (χ1v) is 8.95. The van der Waals surface area contributed by atoms with E-state index in [0.717, 1.165) is 0 Å². The highest BCUT2D eigenvalue weighted by molar-refractivity contribution is 7.89. The minimum absolute atomic E-state index is 0.150. The second-order valence-corrected chi connectivity index (χ2v) is 7.01. The van der Waals surface area contributed by atoms with Crippen molar-refractivity contribution in [3.63, 3.8) is 0 Å². The summed E-state index contributed by atoms with van der Waals surface area (Å²) in [7, 11) is -3.57. The van der Waals surface area contributed by atoms with Gasteiger partial charge in [0.2, 0.25) is 21.8 Å². The van der Waals surface area contributed by atoms with Crippen molar-refractivity contribution in [1.29, 1.82) is 0 Å². The second kappa shape index (κ2) is 7.56. The van der Waals surface area contributed by atoms with Crippen LogP contribution in [0.15, 0.2) is 33.6 Å². The van der Waals surface area contributed by atoms with Gasteiger partial charge < -0.3 is 9.15 Å². The van der Waals surface area contributed by atoms with Crippen molar-refractivity contribution in [3.05, 3.63) is 36.0 Å². The zero-order valence-corrected chi connectivity index (χ0v) is 14.3. The molecule has 23 heavy (non-hydrogen) atoms. The fourth-order valence-electron chi connectivity index (χ4n) is 1.86. The lowest BCUT2D eigenvalue weighted by atomic mass is 10.2. The van der Waals surface area contributed by atoms with Gasteiger partial charge in [-0.3, -0.25) is 0 Å². The summed E-state index contributed by atoms with van der Waals surface area (Å²) in [6.07, 6.45) is 0.343. The Labute approximate surface area is 136 Å². The molecule has 1 aromatic carbocycles. The van der Waals surface area contributed by atoms with Crippen LogP contribution >= 0.6 is 0 Å². The molecule has 0 amide bonds. The molecule has 1 N–H and O–H groups in total. The molecule has 2 rings (SSSR count). The van der Waals surface area contributed by atoms with Crippen LogP contribution in [0.3, 0.4) is 0 Å². The van der Waals surface area contributed by atoms with Crippen molar-refractivity contribution in [2.45, 2.75) is 38.0 Å². The Bertz CT molecular complexity index is 723. The number of benzene rings is 1. The third kappa shape index (κ3) is 4.77. The van der Waals surface area contributed by atoms with E-state index in [0.29, 0.717) is 30.6 Å². The molecular formula is C15H21N3O4S. The molecule has 1 heterocycles. The molecule has 0 spiro atoms. The maximum atomic E-state index is 12.2. The van der Waals surface area contributed by atoms with Crippen LogP contribution in [0.1, 0.15) is 38.5 Å². The van der Waals surface area contributed by atoms with Gasteiger partial charge in [-0.05, 0) is 31.2 Å². The van der Waals surface area contributed by atoms with Crippen LogP contribution in [0.2, 0.25) is 0 Å². The van der Waals surface area contributed by atoms with E-state index in [1.165, 1.54) is 12.1 Å². The predicted octanol–water partition coefficient (Wildman–Crippen LogP) is 2.11. The van der Waals surface area contributed by atoms with E-state index in [2.05, 4.69) is 14.9 Å². The third-order valence-corrected chi connectivity index (χ3v) is 4.53. The second-order valence-electron chi connectivity index (χ2n) is 5.24. The first-order valence-electron chi connectivity index (χ1n) is 7.47. The maximum Gasteiger partial charge on any atom is 0.240 e. The third-order valence-electron chi connectivity index (χ3n) is 3.05. The molecule has 0 aliphatic heterocycles. The monoisotopic (exact) mass is 339 g/mol. The molecule has 0 aliphatic rings. The zero-order valence-electron chi connectivity index (χ0n) is 13.4. The number of hydrogen-bond acceptors (Lipinski definition) is 6. The van der Waals surface area contributed by atoms with E-state index in [-0.39, 0.29) is 17.4 Å². The van der Waals surface area contributed by atoms with Crippen molar-refractivity contribution in [2.24, 2.45) is 0 Å². The van der Waals surface area contributed by atoms with Crippen molar-refractivity contribution < 1.29 is 17.6 Å². The van der Waals surface area contributed by atoms with Crippen molar-refractivity contribution in [3.8, 4) is 5.75 Å². The van der Waals surface area contributed by atoms with Gasteiger partial charge in [-0.25, -0.2) is 13.1 Å². The average molecular weight is 339 g/mol. The van der Waals surface area contributed by atoms with E-state index in [1.807, 2.05) is 20.8 Å². The summed E-state index contributed by atoms with van der Waals surface area (Å²) < 4.78 is 37.6. The highest BCUT2D eigenvalue weighted by Gasteiger charge is 2.15. The minimum atomic E-state index is -3.57. The SMILES string of the molecule is CCOc1ccc(S(=O)(=O)NCCc2nnc(C(C)C)o2)cc1. The summed E-state index contributed by atoms with van der Waals surface area (Å²) in [5, 5.41) is 7.80. The van der Waals surface area contributed by atoms with E-state index in [4.69, 9.17) is 9.15 Å². The van der Waals surface area contributed by atoms with Gasteiger partial charge in [0.25, 0.3) is 0 Å². The van der Waals surface area contributed by atoms with Gasteiger partial charge in [0.1, 0.15) is 5.75 Å². The lowest BCUT2D eigenvalue weighted by molar-refractivity contribution is 0.340. The fraction of sp³-hybridized carbons (Fsp3) is 0.467. The topological polar surface area (TPSA) is 94.3 Å². The Hall–Kier alpha value is -1.93. The van der Waals surface area contributed by atoms with Crippen molar-refractivity contribution in [1.82, 2.24) is 14.9 Å². The van der Waals surface area contributed by atoms with Gasteiger partial charge in [-0.2, -0.15) is 0 Å². The molecular weight excluding hydrogens is 318 g/mol. The standard InChI is InChI=1S/C15H21N3O4S/c1-4-21-12-5-7-13(8-6-12)23(19,20)16-10-9-14-17-18-15(22-14)11(2)3/h5-8,11,16H,4,9-10H2,1-3H3. The van der Waals surface area contributed by atoms with Crippen molar-refractivity contribution in [2.75, 3.05) is 13.2 Å². The molecule has 0 fully saturated rings. The van der Waals surface area contributed by atoms with E-state index < -0.39 is 10.0 Å². The number of nitrogens with one attached hydrogen (secondary N) is 1. The zero-order chi connectivity index (χ0) is 16.9. The number of ether oxygens (including phenoxy) is 1. The van der Waals surface area contributed by atoms with E-state index in [9.17, 15) is 8.42 Å². The van der Waals surface area contributed by atoms with Crippen LogP contribution in [-0.4, -0.2) is 31.8 Å². The summed E-state index contributed by atoms with van der Waals surface area (Å²) in [4.78, 5) is 0.189. The van der Waals surface area contributed by atoms with Crippen LogP contribution in [0.25, 0.3) is 0 Å². The first kappa shape index (κ1) is 17.4. The maximum absolute atomic E-state index is 12.2. The van der Waals surface area contributed by atoms with Gasteiger partial charge in [0.05, 0.1) is 11.5 Å². The van der Waals surface area contributed by atoms with Gasteiger partial charge in [-0.15, -0.1) is 10.2 Å². The number of hydrogen-bond donors (Lipinski definition) is 1. The lowest BCUT2D eigenvalue weighted by Gasteiger charge is -2.07. The summed E-state index contributed by atoms with van der Waals surface area (Å²) in [5.74, 6) is 1.76. The van der Waals surface area contributed by atoms with Crippen molar-refractivity contribution >= 4 is 10.0 Å².